The van der Waals surface area contributed by atoms with E-state index in [0.29, 0.717) is 0 Å². The van der Waals surface area contributed by atoms with Gasteiger partial charge in [0.05, 0.1) is 0 Å². The fourth-order valence-corrected chi connectivity index (χ4v) is 2.83. The smallest absolute Gasteiger partial charge is 0.191 e. The van der Waals surface area contributed by atoms with Gasteiger partial charge >= 0.3 is 0 Å². The van der Waals surface area contributed by atoms with Crippen LogP contribution in [0.3, 0.4) is 0 Å². The molecule has 0 fully saturated rings. The van der Waals surface area contributed by atoms with E-state index in [1.807, 2.05) is 0 Å². The van der Waals surface area contributed by atoms with Gasteiger partial charge in [0.1, 0.15) is 0 Å². The molecule has 0 saturated carbocycles. The molecule has 0 amide bonds. The van der Waals surface area contributed by atoms with Crippen molar-refractivity contribution in [2.45, 2.75) is 32.7 Å². The van der Waals surface area contributed by atoms with Gasteiger partial charge in [0.2, 0.25) is 5.52 Å². The van der Waals surface area contributed by atoms with E-state index in [4.69, 9.17) is 0 Å². The van der Waals surface area contributed by atoms with Gasteiger partial charge in [-0.25, -0.2) is 0 Å². The van der Waals surface area contributed by atoms with Gasteiger partial charge in [0, 0.05) is 29.5 Å². The number of fused-ring (bicyclic) bond motifs is 1. The minimum absolute atomic E-state index is 0.946. The molecule has 21 heavy (non-hydrogen) atoms. The Morgan fingerprint density at radius 2 is 1.57 bits per heavy atom. The number of aryl methyl sites for hydroxylation is 1. The molecule has 0 aliphatic carbocycles. The number of hydrogen-bond donors (Lipinski definition) is 0. The van der Waals surface area contributed by atoms with Crippen LogP contribution in [0.1, 0.15) is 31.0 Å². The maximum Gasteiger partial charge on any atom is 0.212 e. The third-order valence-electron chi connectivity index (χ3n) is 4.00. The molecule has 1 nitrogen and oxygen atoms in total. The summed E-state index contributed by atoms with van der Waals surface area (Å²) in [5, 5.41) is 1.31. The number of unbranched alkanes of at least 4 members (excludes halogenated alkanes) is 1. The molecule has 1 heterocycles. The molecule has 3 aromatic rings. The van der Waals surface area contributed by atoms with Gasteiger partial charge in [-0.2, -0.15) is 4.57 Å². The highest BCUT2D eigenvalue weighted by molar-refractivity contribution is 5.75. The fourth-order valence-electron chi connectivity index (χ4n) is 2.83. The molecule has 1 aromatic heterocycles. The van der Waals surface area contributed by atoms with Crippen LogP contribution < -0.4 is 4.57 Å². The largest absolute Gasteiger partial charge is 0.212 e. The van der Waals surface area contributed by atoms with E-state index in [9.17, 15) is 0 Å². The van der Waals surface area contributed by atoms with Gasteiger partial charge in [0.25, 0.3) is 0 Å². The van der Waals surface area contributed by atoms with Gasteiger partial charge in [-0.05, 0) is 18.6 Å². The highest BCUT2D eigenvalue weighted by Crippen LogP contribution is 2.13. The Morgan fingerprint density at radius 3 is 2.38 bits per heavy atom. The van der Waals surface area contributed by atoms with E-state index in [0.717, 1.165) is 13.0 Å². The molecule has 2 aromatic carbocycles. The zero-order valence-electron chi connectivity index (χ0n) is 12.6. The van der Waals surface area contributed by atoms with E-state index < -0.39 is 0 Å². The summed E-state index contributed by atoms with van der Waals surface area (Å²) >= 11 is 0. The number of aromatic nitrogens is 1. The van der Waals surface area contributed by atoms with E-state index in [1.165, 1.54) is 35.0 Å². The van der Waals surface area contributed by atoms with Crippen LogP contribution in [0.5, 0.6) is 0 Å². The Hall–Kier alpha value is -2.15. The van der Waals surface area contributed by atoms with E-state index >= 15 is 0 Å². The molecule has 3 rings (SSSR count). The number of benzene rings is 2. The molecular weight excluding hydrogens is 254 g/mol. The lowest BCUT2D eigenvalue weighted by Crippen LogP contribution is -2.39. The lowest BCUT2D eigenvalue weighted by molar-refractivity contribution is -0.670. The second kappa shape index (κ2) is 6.53. The summed E-state index contributed by atoms with van der Waals surface area (Å²) in [6.07, 6.45) is 3.62. The zero-order chi connectivity index (χ0) is 14.5. The molecule has 0 spiro atoms. The Labute approximate surface area is 126 Å². The minimum atomic E-state index is 0.946. The Morgan fingerprint density at radius 1 is 0.810 bits per heavy atom. The van der Waals surface area contributed by atoms with Crippen molar-refractivity contribution in [1.29, 1.82) is 0 Å². The third-order valence-corrected chi connectivity index (χ3v) is 4.00. The van der Waals surface area contributed by atoms with Crippen LogP contribution in [0, 0.1) is 0 Å². The normalized spacial score (nSPS) is 10.9. The Balaban J connectivity index is 2.07. The molecular formula is C20H22N+. The first-order valence-corrected chi connectivity index (χ1v) is 7.83. The highest BCUT2D eigenvalue weighted by Gasteiger charge is 2.15. The summed E-state index contributed by atoms with van der Waals surface area (Å²) in [5.74, 6) is 0. The molecule has 0 unspecified atom stereocenters. The number of hydrogen-bond acceptors (Lipinski definition) is 0. The standard InChI is InChI=1S/C20H22N/c1-2-3-12-19-15-14-18-11-7-8-13-20(18)21(19)16-17-9-5-4-6-10-17/h4-11,13-15H,2-3,12,16H2,1H3/q+1. The molecule has 0 bridgehead atoms. The van der Waals surface area contributed by atoms with Crippen molar-refractivity contribution in [3.05, 3.63) is 78.0 Å². The highest BCUT2D eigenvalue weighted by atomic mass is 15.0. The van der Waals surface area contributed by atoms with Crippen LogP contribution in [0.25, 0.3) is 10.9 Å². The predicted molar refractivity (Wildman–Crippen MR) is 88.3 cm³/mol. The number of rotatable bonds is 5. The molecule has 0 aliphatic rings. The van der Waals surface area contributed by atoms with Crippen molar-refractivity contribution in [2.75, 3.05) is 0 Å². The first kappa shape index (κ1) is 13.8. The SMILES string of the molecule is CCCCc1ccc2ccccc2[n+]1Cc1ccccc1. The van der Waals surface area contributed by atoms with Gasteiger partial charge < -0.3 is 0 Å². The first-order chi connectivity index (χ1) is 10.4. The molecule has 0 radical (unpaired) electrons. The van der Waals surface area contributed by atoms with Crippen molar-refractivity contribution in [2.24, 2.45) is 0 Å². The van der Waals surface area contributed by atoms with Gasteiger partial charge in [0.15, 0.2) is 12.2 Å². The predicted octanol–water partition coefficient (Wildman–Crippen LogP) is 4.52. The Kier molecular flexibility index (Phi) is 4.30. The van der Waals surface area contributed by atoms with Gasteiger partial charge in [-0.15, -0.1) is 0 Å². The monoisotopic (exact) mass is 276 g/mol. The summed E-state index contributed by atoms with van der Waals surface area (Å²) < 4.78 is 2.47. The first-order valence-electron chi connectivity index (χ1n) is 7.83. The molecule has 106 valence electrons. The second-order valence-electron chi connectivity index (χ2n) is 5.56. The van der Waals surface area contributed by atoms with Crippen LogP contribution in [-0.4, -0.2) is 0 Å². The fraction of sp³-hybridized carbons (Fsp3) is 0.250. The number of para-hydroxylation sites is 1. The lowest BCUT2D eigenvalue weighted by Gasteiger charge is -2.07. The molecule has 1 heteroatoms. The van der Waals surface area contributed by atoms with E-state index in [1.54, 1.807) is 0 Å². The summed E-state index contributed by atoms with van der Waals surface area (Å²) in [7, 11) is 0. The van der Waals surface area contributed by atoms with Crippen molar-refractivity contribution in [1.82, 2.24) is 0 Å². The van der Waals surface area contributed by atoms with E-state index in [2.05, 4.69) is 78.2 Å². The van der Waals surface area contributed by atoms with Crippen molar-refractivity contribution < 1.29 is 4.57 Å². The van der Waals surface area contributed by atoms with Crippen molar-refractivity contribution >= 4 is 10.9 Å². The van der Waals surface area contributed by atoms with Gasteiger partial charge in [-0.1, -0.05) is 55.8 Å². The summed E-state index contributed by atoms with van der Waals surface area (Å²) in [6.45, 7) is 3.20. The second-order valence-corrected chi connectivity index (χ2v) is 5.56. The van der Waals surface area contributed by atoms with Crippen LogP contribution in [0.15, 0.2) is 66.7 Å². The number of nitrogens with zero attached hydrogens (tertiary/aromatic N) is 1. The number of pyridine rings is 1. The Bertz CT molecular complexity index is 716. The van der Waals surface area contributed by atoms with Crippen molar-refractivity contribution in [3.8, 4) is 0 Å². The van der Waals surface area contributed by atoms with Crippen LogP contribution in [-0.2, 0) is 13.0 Å². The van der Waals surface area contributed by atoms with Crippen molar-refractivity contribution in [3.63, 3.8) is 0 Å². The average molecular weight is 276 g/mol. The lowest BCUT2D eigenvalue weighted by atomic mass is 10.1. The van der Waals surface area contributed by atoms with E-state index in [-0.39, 0.29) is 0 Å². The van der Waals surface area contributed by atoms with Gasteiger partial charge in [-0.3, -0.25) is 0 Å². The summed E-state index contributed by atoms with van der Waals surface area (Å²) in [4.78, 5) is 0. The van der Waals surface area contributed by atoms with Crippen LogP contribution in [0.2, 0.25) is 0 Å². The molecule has 0 saturated heterocycles. The average Bonchev–Trinajstić information content (AvgIpc) is 2.55. The third kappa shape index (κ3) is 3.13. The maximum absolute atomic E-state index is 2.47. The maximum atomic E-state index is 2.47. The van der Waals surface area contributed by atoms with Crippen LogP contribution in [0.4, 0.5) is 0 Å². The quantitative estimate of drug-likeness (QED) is 0.603. The zero-order valence-corrected chi connectivity index (χ0v) is 12.6. The summed E-state index contributed by atoms with van der Waals surface area (Å²) in [5.41, 5.74) is 4.12. The minimum Gasteiger partial charge on any atom is -0.191 e. The van der Waals surface area contributed by atoms with Crippen LogP contribution >= 0.6 is 0 Å². The molecule has 0 N–H and O–H groups in total. The molecule has 0 aliphatic heterocycles. The summed E-state index contributed by atoms with van der Waals surface area (Å²) in [6, 6.07) is 23.9. The molecule has 0 atom stereocenters. The topological polar surface area (TPSA) is 3.88 Å².